The maximum atomic E-state index is 2.39. The van der Waals surface area contributed by atoms with Gasteiger partial charge in [-0.15, -0.1) is 0 Å². The summed E-state index contributed by atoms with van der Waals surface area (Å²) < 4.78 is 2.38. The zero-order valence-electron chi connectivity index (χ0n) is 38.3. The summed E-state index contributed by atoms with van der Waals surface area (Å²) in [6.07, 6.45) is 7.95. The van der Waals surface area contributed by atoms with Gasteiger partial charge in [-0.3, -0.25) is 0 Å². The Bertz CT molecular complexity index is 3750. The molecule has 0 aliphatic heterocycles. The van der Waals surface area contributed by atoms with E-state index < -0.39 is 0 Å². The molecule has 0 spiro atoms. The highest BCUT2D eigenvalue weighted by atomic mass is 15.1. The average molecular weight is 881 g/mol. The van der Waals surface area contributed by atoms with Crippen molar-refractivity contribution < 1.29 is 0 Å². The number of nitrogens with zero attached hydrogens (tertiary/aromatic N) is 2. The van der Waals surface area contributed by atoms with Crippen LogP contribution in [0.2, 0.25) is 0 Å². The van der Waals surface area contributed by atoms with Crippen molar-refractivity contribution in [2.45, 2.75) is 19.3 Å². The van der Waals surface area contributed by atoms with E-state index in [2.05, 4.69) is 264 Å². The van der Waals surface area contributed by atoms with Crippen LogP contribution in [0.5, 0.6) is 0 Å². The fourth-order valence-corrected chi connectivity index (χ4v) is 11.1. The molecule has 0 fully saturated rings. The lowest BCUT2D eigenvalue weighted by Gasteiger charge is -2.26. The van der Waals surface area contributed by atoms with Crippen molar-refractivity contribution in [2.75, 3.05) is 4.90 Å². The van der Waals surface area contributed by atoms with E-state index in [1.807, 2.05) is 0 Å². The Morgan fingerprint density at radius 3 is 1.55 bits per heavy atom. The molecule has 0 atom stereocenters. The van der Waals surface area contributed by atoms with Crippen LogP contribution >= 0.6 is 0 Å². The van der Waals surface area contributed by atoms with E-state index in [0.29, 0.717) is 0 Å². The number of aromatic nitrogens is 1. The highest BCUT2D eigenvalue weighted by Gasteiger charge is 2.25. The largest absolute Gasteiger partial charge is 0.311 e. The van der Waals surface area contributed by atoms with Crippen LogP contribution in [-0.4, -0.2) is 4.57 Å². The standard InChI is InChI=1S/C67H48N2/c1-4-16-46(17-5-1)47-30-37-54(38-31-47)68(55-39-32-48(33-40-55)57-25-14-28-61-58-23-11-10-20-51(58)44-63(57)61)56-41-34-49(35-42-56)59-26-15-27-60(67(59)50-18-6-2-7-19-50)52-36-43-66-64(45-52)62-24-12-13-29-65(62)69(66)53-21-8-3-9-22-53/h1-10,12-22,24-43,45H,11,23,44H2. The minimum atomic E-state index is 1.01. The van der Waals surface area contributed by atoms with Crippen molar-refractivity contribution in [3.05, 3.63) is 272 Å². The van der Waals surface area contributed by atoms with Gasteiger partial charge in [0, 0.05) is 33.5 Å². The lowest BCUT2D eigenvalue weighted by molar-refractivity contribution is 1.04. The third-order valence-corrected chi connectivity index (χ3v) is 14.4. The number of para-hydroxylation sites is 2. The lowest BCUT2D eigenvalue weighted by atomic mass is 9.87. The maximum Gasteiger partial charge on any atom is 0.0541 e. The second-order valence-electron chi connectivity index (χ2n) is 18.3. The first kappa shape index (κ1) is 40.5. The van der Waals surface area contributed by atoms with E-state index in [-0.39, 0.29) is 0 Å². The van der Waals surface area contributed by atoms with Crippen LogP contribution in [0.3, 0.4) is 0 Å². The number of allylic oxidation sites excluding steroid dienone is 4. The van der Waals surface area contributed by atoms with Crippen LogP contribution in [0.15, 0.2) is 260 Å². The van der Waals surface area contributed by atoms with Gasteiger partial charge in [0.1, 0.15) is 0 Å². The summed E-state index contributed by atoms with van der Waals surface area (Å²) in [5.74, 6) is 0. The van der Waals surface area contributed by atoms with E-state index in [4.69, 9.17) is 0 Å². The number of fused-ring (bicyclic) bond motifs is 5. The predicted molar refractivity (Wildman–Crippen MR) is 292 cm³/mol. The summed E-state index contributed by atoms with van der Waals surface area (Å²) in [4.78, 5) is 2.39. The summed E-state index contributed by atoms with van der Waals surface area (Å²) in [7, 11) is 0. The molecule has 2 heteroatoms. The normalized spacial score (nSPS) is 12.9. The van der Waals surface area contributed by atoms with Crippen LogP contribution in [0.4, 0.5) is 17.1 Å². The first-order valence-corrected chi connectivity index (χ1v) is 24.2. The zero-order valence-corrected chi connectivity index (χ0v) is 38.3. The predicted octanol–water partition coefficient (Wildman–Crippen LogP) is 18.2. The van der Waals surface area contributed by atoms with Gasteiger partial charge in [0.25, 0.3) is 0 Å². The summed E-state index contributed by atoms with van der Waals surface area (Å²) in [5.41, 5.74) is 25.0. The van der Waals surface area contributed by atoms with E-state index in [0.717, 1.165) is 42.0 Å². The van der Waals surface area contributed by atoms with E-state index >= 15 is 0 Å². The molecule has 1 heterocycles. The fourth-order valence-electron chi connectivity index (χ4n) is 11.1. The lowest BCUT2D eigenvalue weighted by Crippen LogP contribution is -2.09. The molecule has 326 valence electrons. The van der Waals surface area contributed by atoms with E-state index in [1.54, 1.807) is 0 Å². The molecular formula is C67H48N2. The highest BCUT2D eigenvalue weighted by molar-refractivity contribution is 6.11. The Kier molecular flexibility index (Phi) is 10.1. The van der Waals surface area contributed by atoms with Gasteiger partial charge < -0.3 is 9.47 Å². The number of benzene rings is 10. The molecule has 0 radical (unpaired) electrons. The van der Waals surface area contributed by atoms with Gasteiger partial charge in [-0.2, -0.15) is 0 Å². The molecule has 11 aromatic rings. The van der Waals surface area contributed by atoms with Gasteiger partial charge in [0.15, 0.2) is 0 Å². The van der Waals surface area contributed by atoms with Gasteiger partial charge in [-0.25, -0.2) is 0 Å². The summed E-state index contributed by atoms with van der Waals surface area (Å²) >= 11 is 0. The minimum absolute atomic E-state index is 1.01. The monoisotopic (exact) mass is 880 g/mol. The molecule has 0 bridgehead atoms. The van der Waals surface area contributed by atoms with Crippen molar-refractivity contribution in [1.82, 2.24) is 4.57 Å². The Balaban J connectivity index is 0.900. The molecule has 1 aromatic heterocycles. The quantitative estimate of drug-likeness (QED) is 0.140. The fraction of sp³-hybridized carbons (Fsp3) is 0.0448. The van der Waals surface area contributed by atoms with Crippen molar-refractivity contribution in [1.29, 1.82) is 0 Å². The van der Waals surface area contributed by atoms with Crippen molar-refractivity contribution in [3.63, 3.8) is 0 Å². The molecule has 13 rings (SSSR count). The molecular weight excluding hydrogens is 833 g/mol. The van der Waals surface area contributed by atoms with Crippen LogP contribution in [0.25, 0.3) is 88.7 Å². The Morgan fingerprint density at radius 1 is 0.362 bits per heavy atom. The third kappa shape index (κ3) is 7.21. The highest BCUT2D eigenvalue weighted by Crippen LogP contribution is 2.46. The van der Waals surface area contributed by atoms with Gasteiger partial charge in [-0.05, 0) is 164 Å². The van der Waals surface area contributed by atoms with E-state index in [1.165, 1.54) is 99.7 Å². The molecule has 0 amide bonds. The summed E-state index contributed by atoms with van der Waals surface area (Å²) in [6.45, 7) is 0. The van der Waals surface area contributed by atoms with Crippen LogP contribution < -0.4 is 4.90 Å². The number of rotatable bonds is 9. The molecule has 0 saturated carbocycles. The maximum absolute atomic E-state index is 2.39. The first-order chi connectivity index (χ1) is 34.2. The second-order valence-corrected chi connectivity index (χ2v) is 18.3. The Labute approximate surface area is 404 Å². The number of anilines is 3. The summed E-state index contributed by atoms with van der Waals surface area (Å²) in [6, 6.07) is 89.0. The molecule has 69 heavy (non-hydrogen) atoms. The summed E-state index contributed by atoms with van der Waals surface area (Å²) in [5, 5.41) is 2.49. The average Bonchev–Trinajstić information content (AvgIpc) is 3.98. The van der Waals surface area contributed by atoms with Crippen LogP contribution in [0, 0.1) is 0 Å². The third-order valence-electron chi connectivity index (χ3n) is 14.4. The van der Waals surface area contributed by atoms with Gasteiger partial charge in [-0.1, -0.05) is 188 Å². The van der Waals surface area contributed by atoms with Crippen molar-refractivity contribution >= 4 is 44.4 Å². The topological polar surface area (TPSA) is 8.17 Å². The molecule has 2 aliphatic rings. The molecule has 2 nitrogen and oxygen atoms in total. The SMILES string of the molecule is C1=CC2=C(CC1)c1cccc(-c3ccc(N(c4ccc(-c5ccccc5)cc4)c4ccc(-c5cccc(-c6ccc7c(c6)c6ccccc6n7-c6ccccc6)c5-c5ccccc5)cc4)cc3)c1C2. The van der Waals surface area contributed by atoms with Gasteiger partial charge in [0.05, 0.1) is 11.0 Å². The number of hydrogen-bond acceptors (Lipinski definition) is 1. The number of hydrogen-bond donors (Lipinski definition) is 0. The Hall–Kier alpha value is -8.72. The Morgan fingerprint density at radius 2 is 0.870 bits per heavy atom. The molecule has 0 saturated heterocycles. The smallest absolute Gasteiger partial charge is 0.0541 e. The van der Waals surface area contributed by atoms with Crippen molar-refractivity contribution in [2.24, 2.45) is 0 Å². The first-order valence-electron chi connectivity index (χ1n) is 24.2. The van der Waals surface area contributed by atoms with E-state index in [9.17, 15) is 0 Å². The van der Waals surface area contributed by atoms with Crippen molar-refractivity contribution in [3.8, 4) is 61.3 Å². The molecule has 2 aliphatic carbocycles. The minimum Gasteiger partial charge on any atom is -0.311 e. The zero-order chi connectivity index (χ0) is 45.7. The van der Waals surface area contributed by atoms with Gasteiger partial charge in [0.2, 0.25) is 0 Å². The molecule has 0 unspecified atom stereocenters. The van der Waals surface area contributed by atoms with Crippen LogP contribution in [-0.2, 0) is 6.42 Å². The molecule has 0 N–H and O–H groups in total. The van der Waals surface area contributed by atoms with Crippen LogP contribution in [0.1, 0.15) is 24.0 Å². The van der Waals surface area contributed by atoms with Gasteiger partial charge >= 0.3 is 0 Å². The molecule has 10 aromatic carbocycles. The second kappa shape index (κ2) is 17.2.